The van der Waals surface area contributed by atoms with Gasteiger partial charge >= 0.3 is 0 Å². The zero-order valence-corrected chi connectivity index (χ0v) is 15.4. The molecule has 1 aromatic rings. The lowest BCUT2D eigenvalue weighted by molar-refractivity contribution is -0.125. The molecular formula is C16H24N2O4S2. The van der Waals surface area contributed by atoms with Gasteiger partial charge in [0, 0.05) is 17.5 Å². The van der Waals surface area contributed by atoms with Gasteiger partial charge in [0.15, 0.2) is 0 Å². The lowest BCUT2D eigenvalue weighted by Crippen LogP contribution is -2.49. The topological polar surface area (TPSA) is 86.7 Å². The Bertz CT molecular complexity index is 693. The van der Waals surface area contributed by atoms with Gasteiger partial charge in [-0.15, -0.1) is 11.3 Å². The molecule has 0 radical (unpaired) electrons. The number of amides is 1. The van der Waals surface area contributed by atoms with Gasteiger partial charge in [0.05, 0.1) is 6.10 Å². The van der Waals surface area contributed by atoms with Crippen LogP contribution in [0.3, 0.4) is 0 Å². The number of rotatable bonds is 4. The van der Waals surface area contributed by atoms with Crippen LogP contribution in [0.15, 0.2) is 16.3 Å². The average Bonchev–Trinajstić information content (AvgIpc) is 3.19. The van der Waals surface area contributed by atoms with E-state index < -0.39 is 16.1 Å². The van der Waals surface area contributed by atoms with Crippen molar-refractivity contribution in [2.24, 2.45) is 0 Å². The fourth-order valence-corrected chi connectivity index (χ4v) is 6.54. The van der Waals surface area contributed by atoms with Crippen molar-refractivity contribution in [1.82, 2.24) is 9.62 Å². The van der Waals surface area contributed by atoms with Crippen LogP contribution in [0.1, 0.15) is 43.4 Å². The second-order valence-corrected chi connectivity index (χ2v) is 10.1. The van der Waals surface area contributed by atoms with E-state index in [1.807, 2.05) is 6.92 Å². The highest BCUT2D eigenvalue weighted by Gasteiger charge is 2.40. The van der Waals surface area contributed by atoms with E-state index in [2.05, 4.69) is 5.32 Å². The summed E-state index contributed by atoms with van der Waals surface area (Å²) in [5.74, 6) is -0.203. The van der Waals surface area contributed by atoms with E-state index in [0.29, 0.717) is 36.4 Å². The van der Waals surface area contributed by atoms with E-state index in [1.165, 1.54) is 15.6 Å². The Hall–Kier alpha value is -0.960. The number of nitrogens with zero attached hydrogens (tertiary/aromatic N) is 1. The summed E-state index contributed by atoms with van der Waals surface area (Å²) in [5, 5.41) is 12.5. The summed E-state index contributed by atoms with van der Waals surface area (Å²) in [6.45, 7) is 2.26. The lowest BCUT2D eigenvalue weighted by Gasteiger charge is -2.29. The number of carbonyl (C=O) groups is 1. The van der Waals surface area contributed by atoms with Gasteiger partial charge in [-0.05, 0) is 57.6 Å². The molecule has 3 rings (SSSR count). The zero-order chi connectivity index (χ0) is 17.3. The van der Waals surface area contributed by atoms with Gasteiger partial charge in [-0.25, -0.2) is 8.42 Å². The van der Waals surface area contributed by atoms with Gasteiger partial charge in [0.25, 0.3) is 10.0 Å². The van der Waals surface area contributed by atoms with Crippen LogP contribution in [0.5, 0.6) is 0 Å². The standard InChI is InChI=1S/C16H24N2O4S2/c1-11-4-9-15(23-11)24(21,22)18-10-2-3-14(18)16(20)17-12-5-7-13(19)8-6-12/h4,9,12-14,19H,2-3,5-8,10H2,1H3,(H,17,20). The Balaban J connectivity index is 1.69. The molecule has 24 heavy (non-hydrogen) atoms. The summed E-state index contributed by atoms with van der Waals surface area (Å²) >= 11 is 1.24. The molecular weight excluding hydrogens is 348 g/mol. The van der Waals surface area contributed by atoms with E-state index in [4.69, 9.17) is 0 Å². The molecule has 134 valence electrons. The molecule has 0 spiro atoms. The minimum absolute atomic E-state index is 0.0371. The molecule has 2 N–H and O–H groups in total. The molecule has 1 aromatic heterocycles. The number of nitrogens with one attached hydrogen (secondary N) is 1. The highest BCUT2D eigenvalue weighted by Crippen LogP contribution is 2.30. The predicted octanol–water partition coefficient (Wildman–Crippen LogP) is 1.63. The first-order valence-electron chi connectivity index (χ1n) is 8.44. The predicted molar refractivity (Wildman–Crippen MR) is 92.4 cm³/mol. The fraction of sp³-hybridized carbons (Fsp3) is 0.688. The molecule has 2 aliphatic rings. The van der Waals surface area contributed by atoms with Crippen LogP contribution in [0.4, 0.5) is 0 Å². The quantitative estimate of drug-likeness (QED) is 0.841. The highest BCUT2D eigenvalue weighted by molar-refractivity contribution is 7.91. The SMILES string of the molecule is Cc1ccc(S(=O)(=O)N2CCCC2C(=O)NC2CCC(O)CC2)s1. The van der Waals surface area contributed by atoms with Crippen LogP contribution in [0, 0.1) is 6.92 Å². The minimum atomic E-state index is -3.61. The molecule has 8 heteroatoms. The summed E-state index contributed by atoms with van der Waals surface area (Å²) in [5.41, 5.74) is 0. The molecule has 1 saturated heterocycles. The third-order valence-electron chi connectivity index (χ3n) is 4.83. The van der Waals surface area contributed by atoms with Crippen LogP contribution in [-0.4, -0.2) is 48.5 Å². The molecule has 1 unspecified atom stereocenters. The Morgan fingerprint density at radius 3 is 2.58 bits per heavy atom. The van der Waals surface area contributed by atoms with Crippen LogP contribution in [0.2, 0.25) is 0 Å². The molecule has 1 amide bonds. The maximum atomic E-state index is 12.8. The first-order chi connectivity index (χ1) is 11.4. The molecule has 2 heterocycles. The number of aliphatic hydroxyl groups excluding tert-OH is 1. The fourth-order valence-electron chi connectivity index (χ4n) is 3.47. The Morgan fingerprint density at radius 2 is 1.96 bits per heavy atom. The van der Waals surface area contributed by atoms with E-state index in [-0.39, 0.29) is 18.1 Å². The molecule has 0 aromatic carbocycles. The van der Waals surface area contributed by atoms with E-state index in [0.717, 1.165) is 17.7 Å². The van der Waals surface area contributed by atoms with Crippen molar-refractivity contribution < 1.29 is 18.3 Å². The molecule has 1 aliphatic carbocycles. The Labute approximate surface area is 146 Å². The van der Waals surface area contributed by atoms with Crippen molar-refractivity contribution in [1.29, 1.82) is 0 Å². The third-order valence-corrected chi connectivity index (χ3v) is 8.20. The molecule has 2 fully saturated rings. The molecule has 6 nitrogen and oxygen atoms in total. The van der Waals surface area contributed by atoms with Crippen molar-refractivity contribution in [3.05, 3.63) is 17.0 Å². The van der Waals surface area contributed by atoms with Gasteiger partial charge in [0.1, 0.15) is 10.3 Å². The van der Waals surface area contributed by atoms with Crippen LogP contribution >= 0.6 is 11.3 Å². The Morgan fingerprint density at radius 1 is 1.25 bits per heavy atom. The van der Waals surface area contributed by atoms with Crippen molar-refractivity contribution in [3.8, 4) is 0 Å². The maximum Gasteiger partial charge on any atom is 0.253 e. The van der Waals surface area contributed by atoms with Crippen molar-refractivity contribution >= 4 is 27.3 Å². The maximum absolute atomic E-state index is 12.8. The summed E-state index contributed by atoms with van der Waals surface area (Å²) < 4.78 is 27.3. The molecule has 1 aliphatic heterocycles. The van der Waals surface area contributed by atoms with Gasteiger partial charge in [-0.1, -0.05) is 0 Å². The van der Waals surface area contributed by atoms with Crippen molar-refractivity contribution in [2.75, 3.05) is 6.54 Å². The van der Waals surface area contributed by atoms with Gasteiger partial charge < -0.3 is 10.4 Å². The van der Waals surface area contributed by atoms with E-state index in [9.17, 15) is 18.3 Å². The number of hydrogen-bond donors (Lipinski definition) is 2. The molecule has 0 bridgehead atoms. The minimum Gasteiger partial charge on any atom is -0.393 e. The second kappa shape index (κ2) is 7.11. The van der Waals surface area contributed by atoms with Crippen molar-refractivity contribution in [3.63, 3.8) is 0 Å². The van der Waals surface area contributed by atoms with Crippen LogP contribution in [-0.2, 0) is 14.8 Å². The van der Waals surface area contributed by atoms with E-state index >= 15 is 0 Å². The molecule has 1 atom stereocenters. The summed E-state index contributed by atoms with van der Waals surface area (Å²) in [6, 6.07) is 2.82. The van der Waals surface area contributed by atoms with Crippen LogP contribution in [0.25, 0.3) is 0 Å². The number of hydrogen-bond acceptors (Lipinski definition) is 5. The normalized spacial score (nSPS) is 28.8. The smallest absolute Gasteiger partial charge is 0.253 e. The number of aliphatic hydroxyl groups is 1. The summed E-state index contributed by atoms with van der Waals surface area (Å²) in [4.78, 5) is 13.6. The van der Waals surface area contributed by atoms with Gasteiger partial charge in [0.2, 0.25) is 5.91 Å². The highest BCUT2D eigenvalue weighted by atomic mass is 32.2. The largest absolute Gasteiger partial charge is 0.393 e. The van der Waals surface area contributed by atoms with E-state index in [1.54, 1.807) is 12.1 Å². The first-order valence-corrected chi connectivity index (χ1v) is 10.7. The van der Waals surface area contributed by atoms with Gasteiger partial charge in [-0.2, -0.15) is 4.31 Å². The van der Waals surface area contributed by atoms with Gasteiger partial charge in [-0.3, -0.25) is 4.79 Å². The number of thiophene rings is 1. The molecule has 1 saturated carbocycles. The average molecular weight is 373 g/mol. The number of sulfonamides is 1. The lowest BCUT2D eigenvalue weighted by atomic mass is 9.93. The first kappa shape index (κ1) is 17.8. The second-order valence-electron chi connectivity index (χ2n) is 6.65. The third kappa shape index (κ3) is 3.66. The van der Waals surface area contributed by atoms with Crippen molar-refractivity contribution in [2.45, 2.75) is 67.8 Å². The number of aryl methyl sites for hydroxylation is 1. The summed E-state index contributed by atoms with van der Waals surface area (Å²) in [7, 11) is -3.61. The van der Waals surface area contributed by atoms with Crippen LogP contribution < -0.4 is 5.32 Å². The Kier molecular flexibility index (Phi) is 5.29. The number of carbonyl (C=O) groups excluding carboxylic acids is 1. The summed E-state index contributed by atoms with van der Waals surface area (Å²) in [6.07, 6.45) is 3.85. The zero-order valence-electron chi connectivity index (χ0n) is 13.8. The monoisotopic (exact) mass is 372 g/mol.